The molecule has 0 unspecified atom stereocenters. The van der Waals surface area contributed by atoms with Crippen LogP contribution in [0.25, 0.3) is 34.0 Å². The molecule has 3 aromatic heterocycles. The smallest absolute Gasteiger partial charge is 0.320 e. The lowest BCUT2D eigenvalue weighted by atomic mass is 10.0. The van der Waals surface area contributed by atoms with Gasteiger partial charge in [0.15, 0.2) is 5.78 Å². The van der Waals surface area contributed by atoms with Crippen molar-refractivity contribution in [3.63, 3.8) is 0 Å². The summed E-state index contributed by atoms with van der Waals surface area (Å²) in [5.41, 5.74) is 3.03. The number of hydrogen-bond donors (Lipinski definition) is 2. The molecule has 2 N–H and O–H groups in total. The lowest BCUT2D eigenvalue weighted by Gasteiger charge is -2.11. The van der Waals surface area contributed by atoms with Crippen LogP contribution < -0.4 is 10.6 Å². The average Bonchev–Trinajstić information content (AvgIpc) is 3.30. The highest BCUT2D eigenvalue weighted by atomic mass is 16.4. The maximum Gasteiger partial charge on any atom is 0.320 e. The van der Waals surface area contributed by atoms with Crippen molar-refractivity contribution in [2.45, 2.75) is 13.8 Å². The fraction of sp³-hybridized carbons (Fsp3) is 0.130. The zero-order chi connectivity index (χ0) is 22.5. The molecule has 0 spiro atoms. The van der Waals surface area contributed by atoms with Gasteiger partial charge >= 0.3 is 6.03 Å². The molecule has 9 heteroatoms. The SMILES string of the molecule is CCNC(=O)Nc1cc(-c2nnc(-c3ccccc3)o2)c(-c2ccnc(C(C)=O)c2)cn1. The number of anilines is 1. The predicted octanol–water partition coefficient (Wildman–Crippen LogP) is 4.20. The Morgan fingerprint density at radius 3 is 2.47 bits per heavy atom. The molecule has 32 heavy (non-hydrogen) atoms. The van der Waals surface area contributed by atoms with Gasteiger partial charge in [-0.1, -0.05) is 18.2 Å². The number of nitrogens with one attached hydrogen (secondary N) is 2. The monoisotopic (exact) mass is 428 g/mol. The van der Waals surface area contributed by atoms with E-state index in [1.807, 2.05) is 37.3 Å². The number of nitrogens with zero attached hydrogens (tertiary/aromatic N) is 4. The van der Waals surface area contributed by atoms with Crippen molar-refractivity contribution in [1.29, 1.82) is 0 Å². The Balaban J connectivity index is 1.80. The van der Waals surface area contributed by atoms with Gasteiger partial charge in [-0.2, -0.15) is 0 Å². The summed E-state index contributed by atoms with van der Waals surface area (Å²) < 4.78 is 5.94. The van der Waals surface area contributed by atoms with Crippen molar-refractivity contribution in [2.75, 3.05) is 11.9 Å². The van der Waals surface area contributed by atoms with Crippen molar-refractivity contribution >= 4 is 17.6 Å². The number of rotatable bonds is 6. The summed E-state index contributed by atoms with van der Waals surface area (Å²) in [6.07, 6.45) is 3.14. The number of Topliss-reactive ketones (excluding diaryl/α,β-unsaturated/α-hetero) is 1. The summed E-state index contributed by atoms with van der Waals surface area (Å²) >= 11 is 0. The van der Waals surface area contributed by atoms with Crippen LogP contribution in [0.4, 0.5) is 10.6 Å². The first-order chi connectivity index (χ1) is 15.5. The topological polar surface area (TPSA) is 123 Å². The first kappa shape index (κ1) is 20.9. The molecule has 0 fully saturated rings. The minimum Gasteiger partial charge on any atom is -0.416 e. The number of hydrogen-bond acceptors (Lipinski definition) is 7. The van der Waals surface area contributed by atoms with E-state index in [9.17, 15) is 9.59 Å². The van der Waals surface area contributed by atoms with E-state index in [2.05, 4.69) is 30.8 Å². The molecule has 0 aliphatic heterocycles. The fourth-order valence-corrected chi connectivity index (χ4v) is 3.07. The predicted molar refractivity (Wildman–Crippen MR) is 119 cm³/mol. The number of aromatic nitrogens is 4. The zero-order valence-electron chi connectivity index (χ0n) is 17.5. The fourth-order valence-electron chi connectivity index (χ4n) is 3.07. The largest absolute Gasteiger partial charge is 0.416 e. The molecule has 0 aliphatic rings. The minimum absolute atomic E-state index is 0.153. The van der Waals surface area contributed by atoms with Crippen LogP contribution in [0, 0.1) is 0 Å². The molecule has 0 saturated heterocycles. The lowest BCUT2D eigenvalue weighted by molar-refractivity contribution is 0.101. The van der Waals surface area contributed by atoms with Crippen molar-refractivity contribution in [3.8, 4) is 34.0 Å². The molecule has 9 nitrogen and oxygen atoms in total. The molecule has 0 aliphatic carbocycles. The van der Waals surface area contributed by atoms with Gasteiger partial charge in [0.2, 0.25) is 11.8 Å². The highest BCUT2D eigenvalue weighted by Gasteiger charge is 2.18. The number of amides is 2. The number of urea groups is 1. The second-order valence-corrected chi connectivity index (χ2v) is 6.86. The standard InChI is InChI=1S/C23H20N6O3/c1-3-24-23(31)27-20-12-17(22-29-28-21(32-22)15-7-5-4-6-8-15)18(13-26-20)16-9-10-25-19(11-16)14(2)30/h4-13H,3H2,1-2H3,(H2,24,26,27,31). The third-order valence-corrected chi connectivity index (χ3v) is 4.59. The van der Waals surface area contributed by atoms with Crippen molar-refractivity contribution in [1.82, 2.24) is 25.5 Å². The second kappa shape index (κ2) is 9.17. The number of benzene rings is 1. The van der Waals surface area contributed by atoms with Gasteiger partial charge in [0.1, 0.15) is 11.5 Å². The quantitative estimate of drug-likeness (QED) is 0.441. The molecular formula is C23H20N6O3. The van der Waals surface area contributed by atoms with Gasteiger partial charge in [-0.05, 0) is 42.8 Å². The molecule has 0 saturated carbocycles. The van der Waals surface area contributed by atoms with Crippen LogP contribution in [-0.4, -0.2) is 38.5 Å². The molecule has 0 radical (unpaired) electrons. The number of carbonyl (C=O) groups is 2. The van der Waals surface area contributed by atoms with E-state index in [4.69, 9.17) is 4.42 Å². The van der Waals surface area contributed by atoms with Crippen molar-refractivity contribution < 1.29 is 14.0 Å². The van der Waals surface area contributed by atoms with Gasteiger partial charge in [0.05, 0.1) is 5.56 Å². The normalized spacial score (nSPS) is 10.6. The van der Waals surface area contributed by atoms with E-state index in [1.54, 1.807) is 30.6 Å². The van der Waals surface area contributed by atoms with Gasteiger partial charge in [0.25, 0.3) is 0 Å². The van der Waals surface area contributed by atoms with Crippen LogP contribution in [0.5, 0.6) is 0 Å². The summed E-state index contributed by atoms with van der Waals surface area (Å²) in [6, 6.07) is 14.1. The van der Waals surface area contributed by atoms with Gasteiger partial charge in [-0.15, -0.1) is 10.2 Å². The van der Waals surface area contributed by atoms with E-state index in [-0.39, 0.29) is 17.7 Å². The molecular weight excluding hydrogens is 408 g/mol. The van der Waals surface area contributed by atoms with E-state index < -0.39 is 0 Å². The van der Waals surface area contributed by atoms with Crippen LogP contribution in [0.2, 0.25) is 0 Å². The van der Waals surface area contributed by atoms with E-state index in [0.717, 1.165) is 5.56 Å². The summed E-state index contributed by atoms with van der Waals surface area (Å²) in [6.45, 7) is 3.75. The van der Waals surface area contributed by atoms with E-state index >= 15 is 0 Å². The van der Waals surface area contributed by atoms with Crippen molar-refractivity contribution in [2.24, 2.45) is 0 Å². The van der Waals surface area contributed by atoms with Gasteiger partial charge in [-0.3, -0.25) is 15.1 Å². The molecule has 1 aromatic carbocycles. The molecule has 0 atom stereocenters. The van der Waals surface area contributed by atoms with Gasteiger partial charge in [-0.25, -0.2) is 9.78 Å². The molecule has 2 amide bonds. The highest BCUT2D eigenvalue weighted by molar-refractivity contribution is 5.94. The summed E-state index contributed by atoms with van der Waals surface area (Å²) in [4.78, 5) is 32.2. The van der Waals surface area contributed by atoms with Crippen LogP contribution >= 0.6 is 0 Å². The Bertz CT molecular complexity index is 1270. The van der Waals surface area contributed by atoms with Crippen molar-refractivity contribution in [3.05, 3.63) is 66.6 Å². The number of ketones is 1. The molecule has 4 aromatic rings. The second-order valence-electron chi connectivity index (χ2n) is 6.86. The maximum atomic E-state index is 12.0. The summed E-state index contributed by atoms with van der Waals surface area (Å²) in [7, 11) is 0. The van der Waals surface area contributed by atoms with Crippen LogP contribution in [0.3, 0.4) is 0 Å². The highest BCUT2D eigenvalue weighted by Crippen LogP contribution is 2.34. The Hall–Kier alpha value is -4.40. The lowest BCUT2D eigenvalue weighted by Crippen LogP contribution is -2.28. The van der Waals surface area contributed by atoms with Gasteiger partial charge in [0, 0.05) is 37.0 Å². The first-order valence-corrected chi connectivity index (χ1v) is 9.96. The average molecular weight is 428 g/mol. The Morgan fingerprint density at radius 1 is 0.938 bits per heavy atom. The molecule has 160 valence electrons. The van der Waals surface area contributed by atoms with Gasteiger partial charge < -0.3 is 9.73 Å². The Morgan fingerprint density at radius 2 is 1.72 bits per heavy atom. The maximum absolute atomic E-state index is 12.0. The third-order valence-electron chi connectivity index (χ3n) is 4.59. The molecule has 4 rings (SSSR count). The molecule has 0 bridgehead atoms. The van der Waals surface area contributed by atoms with E-state index in [1.165, 1.54) is 6.92 Å². The van der Waals surface area contributed by atoms with Crippen LogP contribution in [0.15, 0.2) is 65.3 Å². The third kappa shape index (κ3) is 4.51. The first-order valence-electron chi connectivity index (χ1n) is 9.96. The zero-order valence-corrected chi connectivity index (χ0v) is 17.5. The Kier molecular flexibility index (Phi) is 5.98. The van der Waals surface area contributed by atoms with E-state index in [0.29, 0.717) is 40.6 Å². The number of carbonyl (C=O) groups excluding carboxylic acids is 2. The molecule has 3 heterocycles. The Labute approximate surface area is 183 Å². The summed E-state index contributed by atoms with van der Waals surface area (Å²) in [5.74, 6) is 0.775. The van der Waals surface area contributed by atoms with Crippen LogP contribution in [-0.2, 0) is 0 Å². The summed E-state index contributed by atoms with van der Waals surface area (Å²) in [5, 5.41) is 13.7. The minimum atomic E-state index is -0.378. The number of pyridine rings is 2. The van der Waals surface area contributed by atoms with Crippen LogP contribution in [0.1, 0.15) is 24.3 Å².